The summed E-state index contributed by atoms with van der Waals surface area (Å²) >= 11 is 12.1. The maximum atomic E-state index is 12.8. The summed E-state index contributed by atoms with van der Waals surface area (Å²) in [6.45, 7) is 3.57. The van der Waals surface area contributed by atoms with Crippen LogP contribution < -0.4 is 5.32 Å². The molecule has 3 aromatic rings. The Hall–Kier alpha value is -2.48. The van der Waals surface area contributed by atoms with E-state index in [1.165, 1.54) is 0 Å². The minimum Gasteiger partial charge on any atom is -0.320 e. The zero-order valence-corrected chi connectivity index (χ0v) is 17.9. The van der Waals surface area contributed by atoms with Gasteiger partial charge in [0.25, 0.3) is 5.91 Å². The van der Waals surface area contributed by atoms with Crippen LogP contribution >= 0.6 is 23.2 Å². The van der Waals surface area contributed by atoms with Gasteiger partial charge in [0.15, 0.2) is 5.69 Å². The van der Waals surface area contributed by atoms with Gasteiger partial charge in [0.2, 0.25) is 15.0 Å². The predicted molar refractivity (Wildman–Crippen MR) is 113 cm³/mol. The number of aryl methyl sites for hydroxylation is 1. The number of halogens is 2. The molecule has 2 aromatic carbocycles. The normalized spacial score (nSPS) is 11.3. The Morgan fingerprint density at radius 2 is 1.76 bits per heavy atom. The van der Waals surface area contributed by atoms with Crippen LogP contribution in [0.15, 0.2) is 53.8 Å². The highest BCUT2D eigenvalue weighted by atomic mass is 35.5. The zero-order chi connectivity index (χ0) is 21.2. The molecule has 6 nitrogen and oxygen atoms in total. The smallest absolute Gasteiger partial charge is 0.275 e. The standard InChI is InChI=1S/C20H17Cl2N3O3S/c1-12-6-3-4-7-14(12)11-29(27,28)20-23-10-16(22)18(25-20)19(26)24-17-9-5-8-15(21)13(17)2/h3-10H,11H2,1-2H3,(H,24,26). The first kappa shape index (κ1) is 21.2. The number of carbonyl (C=O) groups is 1. The number of benzene rings is 2. The van der Waals surface area contributed by atoms with Gasteiger partial charge in [-0.2, -0.15) is 0 Å². The molecular weight excluding hydrogens is 433 g/mol. The summed E-state index contributed by atoms with van der Waals surface area (Å²) in [4.78, 5) is 20.4. The van der Waals surface area contributed by atoms with Crippen molar-refractivity contribution in [3.05, 3.63) is 81.1 Å². The van der Waals surface area contributed by atoms with Gasteiger partial charge in [-0.05, 0) is 42.7 Å². The molecule has 150 valence electrons. The molecule has 29 heavy (non-hydrogen) atoms. The maximum Gasteiger partial charge on any atom is 0.275 e. The second-order valence-corrected chi connectivity index (χ2v) is 9.10. The number of rotatable bonds is 5. The lowest BCUT2D eigenvalue weighted by molar-refractivity contribution is 0.102. The molecule has 0 bridgehead atoms. The summed E-state index contributed by atoms with van der Waals surface area (Å²) in [6.07, 6.45) is 1.11. The number of aromatic nitrogens is 2. The van der Waals surface area contributed by atoms with E-state index in [1.54, 1.807) is 37.3 Å². The van der Waals surface area contributed by atoms with Gasteiger partial charge in [0.05, 0.1) is 17.0 Å². The van der Waals surface area contributed by atoms with Crippen LogP contribution in [-0.2, 0) is 15.6 Å². The number of amides is 1. The highest BCUT2D eigenvalue weighted by Gasteiger charge is 2.24. The van der Waals surface area contributed by atoms with Crippen molar-refractivity contribution in [2.75, 3.05) is 5.32 Å². The van der Waals surface area contributed by atoms with Crippen molar-refractivity contribution < 1.29 is 13.2 Å². The van der Waals surface area contributed by atoms with Gasteiger partial charge in [-0.3, -0.25) is 4.79 Å². The molecule has 0 saturated heterocycles. The summed E-state index contributed by atoms with van der Waals surface area (Å²) in [7, 11) is -3.88. The largest absolute Gasteiger partial charge is 0.320 e. The highest BCUT2D eigenvalue weighted by molar-refractivity contribution is 7.90. The van der Waals surface area contributed by atoms with E-state index in [0.717, 1.165) is 11.8 Å². The van der Waals surface area contributed by atoms with Gasteiger partial charge in [-0.25, -0.2) is 18.4 Å². The molecule has 0 fully saturated rings. The number of nitrogens with zero attached hydrogens (tertiary/aromatic N) is 2. The molecule has 1 aromatic heterocycles. The van der Waals surface area contributed by atoms with E-state index in [4.69, 9.17) is 23.2 Å². The Labute approximate surface area is 178 Å². The number of anilines is 1. The summed E-state index contributed by atoms with van der Waals surface area (Å²) in [5.41, 5.74) is 2.37. The topological polar surface area (TPSA) is 89.0 Å². The van der Waals surface area contributed by atoms with Crippen molar-refractivity contribution >= 4 is 44.6 Å². The number of hydrogen-bond donors (Lipinski definition) is 1. The molecule has 1 heterocycles. The van der Waals surface area contributed by atoms with Crippen LogP contribution in [-0.4, -0.2) is 24.3 Å². The predicted octanol–water partition coefficient (Wildman–Crippen LogP) is 4.63. The van der Waals surface area contributed by atoms with Crippen molar-refractivity contribution in [2.24, 2.45) is 0 Å². The van der Waals surface area contributed by atoms with Crippen LogP contribution in [0.2, 0.25) is 10.0 Å². The molecule has 0 saturated carbocycles. The Kier molecular flexibility index (Phi) is 6.21. The first-order chi connectivity index (χ1) is 13.7. The lowest BCUT2D eigenvalue weighted by Gasteiger charge is -2.11. The van der Waals surface area contributed by atoms with Crippen molar-refractivity contribution in [3.8, 4) is 0 Å². The van der Waals surface area contributed by atoms with Crippen LogP contribution in [0.1, 0.15) is 27.2 Å². The van der Waals surface area contributed by atoms with E-state index < -0.39 is 20.9 Å². The van der Waals surface area contributed by atoms with E-state index in [-0.39, 0.29) is 16.5 Å². The molecule has 0 aliphatic heterocycles. The van der Waals surface area contributed by atoms with Gasteiger partial charge < -0.3 is 5.32 Å². The Bertz CT molecular complexity index is 1200. The first-order valence-electron chi connectivity index (χ1n) is 8.55. The van der Waals surface area contributed by atoms with E-state index in [2.05, 4.69) is 15.3 Å². The second-order valence-electron chi connectivity index (χ2n) is 6.40. The Morgan fingerprint density at radius 1 is 1.03 bits per heavy atom. The van der Waals surface area contributed by atoms with Crippen LogP contribution in [0, 0.1) is 13.8 Å². The lowest BCUT2D eigenvalue weighted by Crippen LogP contribution is -2.18. The Balaban J connectivity index is 1.92. The maximum absolute atomic E-state index is 12.8. The molecule has 1 amide bonds. The summed E-state index contributed by atoms with van der Waals surface area (Å²) in [5, 5.41) is 2.62. The highest BCUT2D eigenvalue weighted by Crippen LogP contribution is 2.25. The minimum absolute atomic E-state index is 0.0583. The monoisotopic (exact) mass is 449 g/mol. The third-order valence-electron chi connectivity index (χ3n) is 4.34. The average Bonchev–Trinajstić information content (AvgIpc) is 2.67. The fourth-order valence-corrected chi connectivity index (χ4v) is 4.28. The van der Waals surface area contributed by atoms with Crippen LogP contribution in [0.25, 0.3) is 0 Å². The third-order valence-corrected chi connectivity index (χ3v) is 6.47. The molecular formula is C20H17Cl2N3O3S. The zero-order valence-electron chi connectivity index (χ0n) is 15.6. The van der Waals surface area contributed by atoms with Gasteiger partial charge in [-0.1, -0.05) is 53.5 Å². The van der Waals surface area contributed by atoms with Crippen LogP contribution in [0.3, 0.4) is 0 Å². The second kappa shape index (κ2) is 8.49. The summed E-state index contributed by atoms with van der Waals surface area (Å²) < 4.78 is 25.6. The number of nitrogens with one attached hydrogen (secondary N) is 1. The van der Waals surface area contributed by atoms with Gasteiger partial charge in [-0.15, -0.1) is 0 Å². The average molecular weight is 450 g/mol. The fourth-order valence-electron chi connectivity index (χ4n) is 2.63. The molecule has 0 radical (unpaired) electrons. The van der Waals surface area contributed by atoms with E-state index in [0.29, 0.717) is 21.8 Å². The van der Waals surface area contributed by atoms with Gasteiger partial charge in [0.1, 0.15) is 0 Å². The molecule has 0 atom stereocenters. The molecule has 3 rings (SSSR count). The number of sulfone groups is 1. The lowest BCUT2D eigenvalue weighted by atomic mass is 10.1. The molecule has 0 aliphatic rings. The first-order valence-corrected chi connectivity index (χ1v) is 11.0. The third kappa shape index (κ3) is 4.75. The SMILES string of the molecule is Cc1ccccc1CS(=O)(=O)c1ncc(Cl)c(C(=O)Nc2cccc(Cl)c2C)n1. The molecule has 0 spiro atoms. The summed E-state index contributed by atoms with van der Waals surface area (Å²) in [6, 6.07) is 12.2. The minimum atomic E-state index is -3.88. The van der Waals surface area contributed by atoms with E-state index in [9.17, 15) is 13.2 Å². The van der Waals surface area contributed by atoms with Crippen molar-refractivity contribution in [1.82, 2.24) is 9.97 Å². The molecule has 0 unspecified atom stereocenters. The number of carbonyl (C=O) groups excluding carboxylic acids is 1. The van der Waals surface area contributed by atoms with Crippen molar-refractivity contribution in [1.29, 1.82) is 0 Å². The van der Waals surface area contributed by atoms with E-state index in [1.807, 2.05) is 19.1 Å². The fraction of sp³-hybridized carbons (Fsp3) is 0.150. The number of hydrogen-bond acceptors (Lipinski definition) is 5. The summed E-state index contributed by atoms with van der Waals surface area (Å²) in [5.74, 6) is -0.939. The molecule has 0 aliphatic carbocycles. The van der Waals surface area contributed by atoms with Crippen molar-refractivity contribution in [2.45, 2.75) is 24.8 Å². The van der Waals surface area contributed by atoms with Crippen LogP contribution in [0.5, 0.6) is 0 Å². The van der Waals surface area contributed by atoms with Gasteiger partial charge >= 0.3 is 0 Å². The van der Waals surface area contributed by atoms with Gasteiger partial charge in [0, 0.05) is 10.7 Å². The quantitative estimate of drug-likeness (QED) is 0.573. The van der Waals surface area contributed by atoms with Crippen LogP contribution in [0.4, 0.5) is 5.69 Å². The van der Waals surface area contributed by atoms with E-state index >= 15 is 0 Å². The Morgan fingerprint density at radius 3 is 2.48 bits per heavy atom. The van der Waals surface area contributed by atoms with Crippen molar-refractivity contribution in [3.63, 3.8) is 0 Å². The molecule has 1 N–H and O–H groups in total. The molecule has 9 heteroatoms.